The second kappa shape index (κ2) is 13.4. The summed E-state index contributed by atoms with van der Waals surface area (Å²) in [6.45, 7) is 4.61. The van der Waals surface area contributed by atoms with Gasteiger partial charge in [0, 0.05) is 5.56 Å². The van der Waals surface area contributed by atoms with Crippen molar-refractivity contribution >= 4 is 13.3 Å². The number of halogens is 1. The third-order valence-electron chi connectivity index (χ3n) is 10.3. The fourth-order valence-corrected chi connectivity index (χ4v) is 13.1. The molecule has 1 aliphatic heterocycles. The molecule has 208 valence electrons. The molecule has 0 aromatic heterocycles. The molecule has 3 aromatic rings. The van der Waals surface area contributed by atoms with Crippen molar-refractivity contribution in [1.82, 2.24) is 0 Å². The van der Waals surface area contributed by atoms with Gasteiger partial charge >= 0.3 is 0 Å². The van der Waals surface area contributed by atoms with E-state index in [0.717, 1.165) is 17.0 Å². The smallest absolute Gasteiger partial charge is 0.131 e. The van der Waals surface area contributed by atoms with E-state index in [1.54, 1.807) is 5.19 Å². The molecule has 1 heterocycles. The van der Waals surface area contributed by atoms with E-state index in [2.05, 4.69) is 74.5 Å². The van der Waals surface area contributed by atoms with Gasteiger partial charge in [0.2, 0.25) is 0 Å². The SMILES string of the molecule is CCCCC[Si]1(c2ccccc2)CCC(c2ccc(-c3ccc([C@H]4CC[C@H](CCC)CC4)cc3)c(F)c2)CC1. The number of hydrogen-bond donors (Lipinski definition) is 0. The molecule has 0 N–H and O–H groups in total. The summed E-state index contributed by atoms with van der Waals surface area (Å²) in [5.41, 5.74) is 4.41. The zero-order valence-electron chi connectivity index (χ0n) is 24.4. The van der Waals surface area contributed by atoms with Gasteiger partial charge in [-0.1, -0.05) is 136 Å². The highest BCUT2D eigenvalue weighted by molar-refractivity contribution is 6.92. The molecule has 0 unspecified atom stereocenters. The number of rotatable bonds is 10. The third-order valence-corrected chi connectivity index (χ3v) is 15.6. The summed E-state index contributed by atoms with van der Waals surface area (Å²) < 4.78 is 15.5. The Hall–Kier alpha value is -2.19. The van der Waals surface area contributed by atoms with Crippen LogP contribution in [0.1, 0.15) is 107 Å². The van der Waals surface area contributed by atoms with Crippen LogP contribution in [0.5, 0.6) is 0 Å². The molecule has 2 fully saturated rings. The normalized spacial score (nSPS) is 25.5. The van der Waals surface area contributed by atoms with E-state index in [4.69, 9.17) is 0 Å². The van der Waals surface area contributed by atoms with Gasteiger partial charge < -0.3 is 0 Å². The Bertz CT molecular complexity index is 1150. The minimum absolute atomic E-state index is 0.0552. The predicted octanol–water partition coefficient (Wildman–Crippen LogP) is 11.0. The lowest BCUT2D eigenvalue weighted by molar-refractivity contribution is 0.308. The van der Waals surface area contributed by atoms with Crippen molar-refractivity contribution in [2.75, 3.05) is 0 Å². The summed E-state index contributed by atoms with van der Waals surface area (Å²) in [6, 6.07) is 30.5. The Morgan fingerprint density at radius 2 is 1.36 bits per heavy atom. The van der Waals surface area contributed by atoms with Crippen molar-refractivity contribution in [2.24, 2.45) is 5.92 Å². The lowest BCUT2D eigenvalue weighted by Crippen LogP contribution is -2.49. The maximum absolute atomic E-state index is 15.5. The molecule has 3 aromatic carbocycles. The summed E-state index contributed by atoms with van der Waals surface area (Å²) in [5, 5.41) is 1.65. The molecule has 0 bridgehead atoms. The molecule has 0 nitrogen and oxygen atoms in total. The Kier molecular flexibility index (Phi) is 9.77. The minimum atomic E-state index is -1.47. The van der Waals surface area contributed by atoms with Crippen LogP contribution < -0.4 is 5.19 Å². The molecule has 0 atom stereocenters. The number of unbranched alkanes of at least 4 members (excludes halogenated alkanes) is 2. The molecule has 2 aliphatic rings. The van der Waals surface area contributed by atoms with E-state index in [-0.39, 0.29) is 5.82 Å². The van der Waals surface area contributed by atoms with Crippen molar-refractivity contribution in [3.63, 3.8) is 0 Å². The van der Waals surface area contributed by atoms with Gasteiger partial charge in [0.15, 0.2) is 0 Å². The fourth-order valence-electron chi connectivity index (χ4n) is 7.84. The molecular weight excluding hydrogens is 491 g/mol. The zero-order chi connectivity index (χ0) is 27.1. The van der Waals surface area contributed by atoms with Crippen LogP contribution in [0.3, 0.4) is 0 Å². The summed E-state index contributed by atoms with van der Waals surface area (Å²) in [5.74, 6) is 2.05. The van der Waals surface area contributed by atoms with Crippen LogP contribution in [-0.2, 0) is 0 Å². The molecule has 1 saturated heterocycles. The van der Waals surface area contributed by atoms with Gasteiger partial charge in [0.25, 0.3) is 0 Å². The first kappa shape index (κ1) is 28.3. The van der Waals surface area contributed by atoms with Crippen molar-refractivity contribution < 1.29 is 4.39 Å². The Labute approximate surface area is 238 Å². The summed E-state index contributed by atoms with van der Waals surface area (Å²) in [4.78, 5) is 0. The molecule has 0 amide bonds. The number of hydrogen-bond acceptors (Lipinski definition) is 0. The van der Waals surface area contributed by atoms with Gasteiger partial charge in [-0.2, -0.15) is 0 Å². The Morgan fingerprint density at radius 1 is 0.692 bits per heavy atom. The molecular formula is C37H49FSi. The van der Waals surface area contributed by atoms with Gasteiger partial charge in [0.1, 0.15) is 5.82 Å². The predicted molar refractivity (Wildman–Crippen MR) is 169 cm³/mol. The second-order valence-corrected chi connectivity index (χ2v) is 17.4. The standard InChI is InChI=1S/C37H49FSi/c1-3-5-9-25-39(35-11-7-6-8-12-35)26-23-32(24-27-39)34-21-22-36(37(38)28-34)33-19-17-31(18-20-33)30-15-13-29(10-4-2)14-16-30/h6-8,11-12,17-22,28-30,32H,3-5,9-10,13-16,23-27H2,1-2H3/t29-,30-,32?,39?. The van der Waals surface area contributed by atoms with Crippen molar-refractivity contribution in [3.05, 3.63) is 89.7 Å². The van der Waals surface area contributed by atoms with E-state index in [9.17, 15) is 0 Å². The molecule has 5 rings (SSSR count). The first-order chi connectivity index (χ1) is 19.1. The average molecular weight is 541 g/mol. The van der Waals surface area contributed by atoms with Crippen LogP contribution in [0.4, 0.5) is 4.39 Å². The molecule has 39 heavy (non-hydrogen) atoms. The van der Waals surface area contributed by atoms with E-state index in [0.29, 0.717) is 11.8 Å². The zero-order valence-corrected chi connectivity index (χ0v) is 25.4. The van der Waals surface area contributed by atoms with E-state index >= 15 is 4.39 Å². The highest BCUT2D eigenvalue weighted by Crippen LogP contribution is 2.42. The second-order valence-electron chi connectivity index (χ2n) is 12.7. The fraction of sp³-hybridized carbons (Fsp3) is 0.514. The highest BCUT2D eigenvalue weighted by atomic mass is 28.3. The van der Waals surface area contributed by atoms with Crippen molar-refractivity contribution in [1.29, 1.82) is 0 Å². The quantitative estimate of drug-likeness (QED) is 0.177. The third kappa shape index (κ3) is 6.76. The van der Waals surface area contributed by atoms with E-state index in [1.165, 1.54) is 99.9 Å². The molecule has 2 heteroatoms. The van der Waals surface area contributed by atoms with Gasteiger partial charge in [-0.15, -0.1) is 0 Å². The summed E-state index contributed by atoms with van der Waals surface area (Å²) in [6.07, 6.45) is 14.5. The lowest BCUT2D eigenvalue weighted by atomic mass is 9.77. The molecule has 0 spiro atoms. The molecule has 1 aliphatic carbocycles. The van der Waals surface area contributed by atoms with Crippen LogP contribution in [0.25, 0.3) is 11.1 Å². The van der Waals surface area contributed by atoms with Crippen molar-refractivity contribution in [2.45, 2.75) is 114 Å². The lowest BCUT2D eigenvalue weighted by Gasteiger charge is -2.39. The number of benzene rings is 3. The first-order valence-electron chi connectivity index (χ1n) is 16.1. The van der Waals surface area contributed by atoms with Gasteiger partial charge in [-0.3, -0.25) is 0 Å². The van der Waals surface area contributed by atoms with Gasteiger partial charge in [-0.05, 0) is 79.0 Å². The van der Waals surface area contributed by atoms with Crippen LogP contribution >= 0.6 is 0 Å². The van der Waals surface area contributed by atoms with Gasteiger partial charge in [0.05, 0.1) is 8.07 Å². The van der Waals surface area contributed by atoms with Gasteiger partial charge in [-0.25, -0.2) is 4.39 Å². The average Bonchev–Trinajstić information content (AvgIpc) is 2.99. The monoisotopic (exact) mass is 540 g/mol. The summed E-state index contributed by atoms with van der Waals surface area (Å²) >= 11 is 0. The topological polar surface area (TPSA) is 0 Å². The maximum Gasteiger partial charge on any atom is 0.131 e. The first-order valence-corrected chi connectivity index (χ1v) is 18.7. The maximum atomic E-state index is 15.5. The van der Waals surface area contributed by atoms with Crippen LogP contribution in [0, 0.1) is 11.7 Å². The molecule has 1 saturated carbocycles. The summed E-state index contributed by atoms with van der Waals surface area (Å²) in [7, 11) is -1.47. The van der Waals surface area contributed by atoms with Crippen LogP contribution in [-0.4, -0.2) is 8.07 Å². The van der Waals surface area contributed by atoms with E-state index in [1.807, 2.05) is 12.1 Å². The van der Waals surface area contributed by atoms with Crippen LogP contribution in [0.15, 0.2) is 72.8 Å². The molecule has 0 radical (unpaired) electrons. The van der Waals surface area contributed by atoms with E-state index < -0.39 is 8.07 Å². The largest absolute Gasteiger partial charge is 0.206 e. The Morgan fingerprint density at radius 3 is 2.00 bits per heavy atom. The van der Waals surface area contributed by atoms with Crippen molar-refractivity contribution in [3.8, 4) is 11.1 Å². The Balaban J connectivity index is 1.23. The minimum Gasteiger partial charge on any atom is -0.206 e. The highest BCUT2D eigenvalue weighted by Gasteiger charge is 2.38. The van der Waals surface area contributed by atoms with Crippen LogP contribution in [0.2, 0.25) is 18.1 Å².